The number of nitrogens with zero attached hydrogens (tertiary/aromatic N) is 2. The summed E-state index contributed by atoms with van der Waals surface area (Å²) in [6, 6.07) is 10.8. The SMILES string of the molecule is O=S(=O)(NCCc1ccccn1)c1ccc(S(=O)(=O)N2CCCC2)cc1. The summed E-state index contributed by atoms with van der Waals surface area (Å²) >= 11 is 0. The lowest BCUT2D eigenvalue weighted by molar-refractivity contribution is 0.477. The van der Waals surface area contributed by atoms with Gasteiger partial charge in [-0.2, -0.15) is 4.31 Å². The van der Waals surface area contributed by atoms with E-state index in [1.54, 1.807) is 12.3 Å². The Kier molecular flexibility index (Phi) is 5.71. The van der Waals surface area contributed by atoms with E-state index >= 15 is 0 Å². The molecule has 140 valence electrons. The molecule has 7 nitrogen and oxygen atoms in total. The summed E-state index contributed by atoms with van der Waals surface area (Å²) in [5.41, 5.74) is 0.794. The van der Waals surface area contributed by atoms with E-state index in [0.29, 0.717) is 19.5 Å². The quantitative estimate of drug-likeness (QED) is 0.764. The third kappa shape index (κ3) is 4.29. The lowest BCUT2D eigenvalue weighted by atomic mass is 10.3. The Morgan fingerprint density at radius 2 is 1.58 bits per heavy atom. The van der Waals surface area contributed by atoms with Gasteiger partial charge in [-0.1, -0.05) is 6.07 Å². The topological polar surface area (TPSA) is 96.4 Å². The number of hydrogen-bond donors (Lipinski definition) is 1. The Balaban J connectivity index is 1.67. The van der Waals surface area contributed by atoms with E-state index in [4.69, 9.17) is 0 Å². The van der Waals surface area contributed by atoms with Gasteiger partial charge < -0.3 is 0 Å². The summed E-state index contributed by atoms with van der Waals surface area (Å²) in [5, 5.41) is 0. The lowest BCUT2D eigenvalue weighted by Crippen LogP contribution is -2.28. The first kappa shape index (κ1) is 19.0. The number of benzene rings is 1. The second-order valence-corrected chi connectivity index (χ2v) is 9.76. The summed E-state index contributed by atoms with van der Waals surface area (Å²) < 4.78 is 53.6. The van der Waals surface area contributed by atoms with E-state index in [-0.39, 0.29) is 16.3 Å². The van der Waals surface area contributed by atoms with E-state index in [1.165, 1.54) is 28.6 Å². The molecule has 0 aliphatic carbocycles. The third-order valence-electron chi connectivity index (χ3n) is 4.24. The van der Waals surface area contributed by atoms with Crippen LogP contribution in [-0.4, -0.2) is 45.8 Å². The van der Waals surface area contributed by atoms with Crippen LogP contribution in [0.2, 0.25) is 0 Å². The monoisotopic (exact) mass is 395 g/mol. The van der Waals surface area contributed by atoms with Crippen LogP contribution in [0.1, 0.15) is 18.5 Å². The Morgan fingerprint density at radius 3 is 2.19 bits per heavy atom. The Morgan fingerprint density at radius 1 is 0.923 bits per heavy atom. The molecular formula is C17H21N3O4S2. The van der Waals surface area contributed by atoms with Crippen LogP contribution in [0.4, 0.5) is 0 Å². The molecule has 3 rings (SSSR count). The van der Waals surface area contributed by atoms with Crippen molar-refractivity contribution in [3.8, 4) is 0 Å². The molecule has 1 N–H and O–H groups in total. The van der Waals surface area contributed by atoms with Gasteiger partial charge >= 0.3 is 0 Å². The Hall–Kier alpha value is -1.81. The van der Waals surface area contributed by atoms with Crippen molar-refractivity contribution in [2.24, 2.45) is 0 Å². The van der Waals surface area contributed by atoms with Crippen molar-refractivity contribution in [3.05, 3.63) is 54.4 Å². The number of aromatic nitrogens is 1. The highest BCUT2D eigenvalue weighted by molar-refractivity contribution is 7.89. The predicted molar refractivity (Wildman–Crippen MR) is 97.6 cm³/mol. The first-order chi connectivity index (χ1) is 12.4. The van der Waals surface area contributed by atoms with Crippen molar-refractivity contribution < 1.29 is 16.8 Å². The molecule has 0 amide bonds. The van der Waals surface area contributed by atoms with Crippen LogP contribution < -0.4 is 4.72 Å². The van der Waals surface area contributed by atoms with Crippen molar-refractivity contribution in [2.75, 3.05) is 19.6 Å². The van der Waals surface area contributed by atoms with Crippen LogP contribution in [0.3, 0.4) is 0 Å². The molecule has 0 unspecified atom stereocenters. The zero-order valence-electron chi connectivity index (χ0n) is 14.2. The van der Waals surface area contributed by atoms with Gasteiger partial charge in [-0.05, 0) is 49.2 Å². The molecule has 0 saturated carbocycles. The van der Waals surface area contributed by atoms with E-state index < -0.39 is 20.0 Å². The molecule has 0 bridgehead atoms. The molecule has 0 atom stereocenters. The maximum Gasteiger partial charge on any atom is 0.243 e. The minimum absolute atomic E-state index is 0.0406. The molecule has 9 heteroatoms. The van der Waals surface area contributed by atoms with Crippen LogP contribution >= 0.6 is 0 Å². The highest BCUT2D eigenvalue weighted by Crippen LogP contribution is 2.22. The zero-order valence-corrected chi connectivity index (χ0v) is 15.8. The molecule has 0 radical (unpaired) electrons. The Bertz CT molecular complexity index is 937. The second-order valence-electron chi connectivity index (χ2n) is 6.05. The van der Waals surface area contributed by atoms with Gasteiger partial charge in [-0.25, -0.2) is 21.6 Å². The zero-order chi connectivity index (χ0) is 18.6. The van der Waals surface area contributed by atoms with Crippen molar-refractivity contribution in [1.82, 2.24) is 14.0 Å². The van der Waals surface area contributed by atoms with Crippen LogP contribution in [-0.2, 0) is 26.5 Å². The third-order valence-corrected chi connectivity index (χ3v) is 7.63. The maximum atomic E-state index is 12.5. The summed E-state index contributed by atoms with van der Waals surface area (Å²) in [5.74, 6) is 0. The van der Waals surface area contributed by atoms with Crippen molar-refractivity contribution in [1.29, 1.82) is 0 Å². The van der Waals surface area contributed by atoms with Crippen molar-refractivity contribution >= 4 is 20.0 Å². The van der Waals surface area contributed by atoms with Gasteiger partial charge in [0.15, 0.2) is 0 Å². The van der Waals surface area contributed by atoms with E-state index in [9.17, 15) is 16.8 Å². The predicted octanol–water partition coefficient (Wildman–Crippen LogP) is 1.39. The van der Waals surface area contributed by atoms with Gasteiger partial charge in [-0.3, -0.25) is 4.98 Å². The van der Waals surface area contributed by atoms with Gasteiger partial charge in [-0.15, -0.1) is 0 Å². The lowest BCUT2D eigenvalue weighted by Gasteiger charge is -2.15. The average molecular weight is 396 g/mol. The average Bonchev–Trinajstić information content (AvgIpc) is 3.18. The van der Waals surface area contributed by atoms with E-state index in [2.05, 4.69) is 9.71 Å². The first-order valence-corrected chi connectivity index (χ1v) is 11.3. The second kappa shape index (κ2) is 7.83. The number of rotatable bonds is 7. The largest absolute Gasteiger partial charge is 0.261 e. The molecule has 1 saturated heterocycles. The smallest absolute Gasteiger partial charge is 0.243 e. The van der Waals surface area contributed by atoms with Gasteiger partial charge in [0.1, 0.15) is 0 Å². The molecule has 0 spiro atoms. The molecule has 1 fully saturated rings. The molecule has 1 aromatic heterocycles. The number of pyridine rings is 1. The highest BCUT2D eigenvalue weighted by Gasteiger charge is 2.27. The summed E-state index contributed by atoms with van der Waals surface area (Å²) in [7, 11) is -7.24. The highest BCUT2D eigenvalue weighted by atomic mass is 32.2. The summed E-state index contributed by atoms with van der Waals surface area (Å²) in [4.78, 5) is 4.30. The van der Waals surface area contributed by atoms with Gasteiger partial charge in [0.2, 0.25) is 20.0 Å². The molecule has 1 aliphatic heterocycles. The van der Waals surface area contributed by atoms with Gasteiger partial charge in [0, 0.05) is 37.9 Å². The van der Waals surface area contributed by atoms with Crippen LogP contribution in [0, 0.1) is 0 Å². The fourth-order valence-electron chi connectivity index (χ4n) is 2.81. The normalized spacial score (nSPS) is 16.0. The summed E-state index contributed by atoms with van der Waals surface area (Å²) in [6.45, 7) is 1.24. The minimum Gasteiger partial charge on any atom is -0.261 e. The summed E-state index contributed by atoms with van der Waals surface area (Å²) in [6.07, 6.45) is 3.84. The molecule has 2 aromatic rings. The number of hydrogen-bond acceptors (Lipinski definition) is 5. The Labute approximate surface area is 154 Å². The van der Waals surface area contributed by atoms with Crippen LogP contribution in [0.15, 0.2) is 58.5 Å². The van der Waals surface area contributed by atoms with E-state index in [0.717, 1.165) is 18.5 Å². The van der Waals surface area contributed by atoms with Crippen molar-refractivity contribution in [3.63, 3.8) is 0 Å². The molecule has 1 aromatic carbocycles. The molecule has 2 heterocycles. The minimum atomic E-state index is -3.70. The number of sulfonamides is 2. The first-order valence-electron chi connectivity index (χ1n) is 8.39. The maximum absolute atomic E-state index is 12.5. The van der Waals surface area contributed by atoms with Crippen LogP contribution in [0.5, 0.6) is 0 Å². The van der Waals surface area contributed by atoms with Crippen molar-refractivity contribution in [2.45, 2.75) is 29.1 Å². The molecule has 1 aliphatic rings. The van der Waals surface area contributed by atoms with Gasteiger partial charge in [0.25, 0.3) is 0 Å². The fraction of sp³-hybridized carbons (Fsp3) is 0.353. The number of nitrogens with one attached hydrogen (secondary N) is 1. The van der Waals surface area contributed by atoms with E-state index in [1.807, 2.05) is 12.1 Å². The fourth-order valence-corrected chi connectivity index (χ4v) is 5.36. The van der Waals surface area contributed by atoms with Gasteiger partial charge in [0.05, 0.1) is 9.79 Å². The van der Waals surface area contributed by atoms with Crippen LogP contribution in [0.25, 0.3) is 0 Å². The molecular weight excluding hydrogens is 374 g/mol. The standard InChI is InChI=1S/C17H21N3O4S2/c21-25(22,19-12-10-15-5-1-2-11-18-15)16-6-8-17(9-7-16)26(23,24)20-13-3-4-14-20/h1-2,5-9,11,19H,3-4,10,12-14H2. The molecule has 26 heavy (non-hydrogen) atoms.